The molecular weight excluding hydrogens is 316 g/mol. The highest BCUT2D eigenvalue weighted by atomic mass is 79.9. The first-order chi connectivity index (χ1) is 8.41. The molecule has 0 radical (unpaired) electrons. The average Bonchev–Trinajstić information content (AvgIpc) is 2.26. The Labute approximate surface area is 116 Å². The Balaban J connectivity index is 2.29. The number of benzene rings is 1. The summed E-state index contributed by atoms with van der Waals surface area (Å²) in [5, 5.41) is 0. The van der Waals surface area contributed by atoms with E-state index in [0.717, 1.165) is 15.7 Å². The third kappa shape index (κ3) is 3.05. The van der Waals surface area contributed by atoms with Gasteiger partial charge in [-0.15, -0.1) is 0 Å². The van der Waals surface area contributed by atoms with Crippen LogP contribution in [0.2, 0.25) is 0 Å². The van der Waals surface area contributed by atoms with Crippen LogP contribution in [-0.2, 0) is 16.4 Å². The molecule has 0 amide bonds. The minimum atomic E-state index is -2.88. The van der Waals surface area contributed by atoms with Crippen LogP contribution < -0.4 is 10.6 Å². The van der Waals surface area contributed by atoms with E-state index in [1.807, 2.05) is 25.1 Å². The molecular formula is C12H17BrN2O2S. The fraction of sp³-hybridized carbons (Fsp3) is 0.500. The van der Waals surface area contributed by atoms with Gasteiger partial charge in [0.15, 0.2) is 9.84 Å². The fourth-order valence-electron chi connectivity index (χ4n) is 2.30. The summed E-state index contributed by atoms with van der Waals surface area (Å²) in [7, 11) is -2.88. The minimum Gasteiger partial charge on any atom is -0.367 e. The Hall–Kier alpha value is -0.590. The molecule has 1 heterocycles. The van der Waals surface area contributed by atoms with Gasteiger partial charge in [0.2, 0.25) is 0 Å². The Morgan fingerprint density at radius 2 is 2.17 bits per heavy atom. The van der Waals surface area contributed by atoms with Crippen molar-refractivity contribution in [3.63, 3.8) is 0 Å². The molecule has 0 bridgehead atoms. The quantitative estimate of drug-likeness (QED) is 0.892. The van der Waals surface area contributed by atoms with Crippen LogP contribution in [0.4, 0.5) is 5.69 Å². The van der Waals surface area contributed by atoms with Crippen LogP contribution in [0.3, 0.4) is 0 Å². The first-order valence-corrected chi connectivity index (χ1v) is 8.49. The predicted molar refractivity (Wildman–Crippen MR) is 77.5 cm³/mol. The van der Waals surface area contributed by atoms with E-state index < -0.39 is 9.84 Å². The highest BCUT2D eigenvalue weighted by molar-refractivity contribution is 9.10. The summed E-state index contributed by atoms with van der Waals surface area (Å²) in [5.41, 5.74) is 7.74. The minimum absolute atomic E-state index is 0.00340. The number of nitrogens with two attached hydrogens (primary N) is 1. The highest BCUT2D eigenvalue weighted by Crippen LogP contribution is 2.26. The Kier molecular flexibility index (Phi) is 3.99. The molecule has 1 fully saturated rings. The second kappa shape index (κ2) is 5.19. The number of rotatable bonds is 2. The lowest BCUT2D eigenvalue weighted by atomic mass is 10.1. The van der Waals surface area contributed by atoms with Gasteiger partial charge in [0.1, 0.15) is 0 Å². The van der Waals surface area contributed by atoms with Crippen LogP contribution in [0.15, 0.2) is 22.7 Å². The highest BCUT2D eigenvalue weighted by Gasteiger charge is 2.28. The van der Waals surface area contributed by atoms with Gasteiger partial charge in [-0.1, -0.05) is 15.9 Å². The van der Waals surface area contributed by atoms with Gasteiger partial charge >= 0.3 is 0 Å². The molecule has 2 N–H and O–H groups in total. The van der Waals surface area contributed by atoms with Crippen molar-refractivity contribution in [1.82, 2.24) is 0 Å². The zero-order valence-corrected chi connectivity index (χ0v) is 12.7. The molecule has 1 aromatic carbocycles. The number of nitrogens with zero attached hydrogens (tertiary/aromatic N) is 1. The Bertz CT molecular complexity index is 545. The number of anilines is 1. The van der Waals surface area contributed by atoms with Gasteiger partial charge in [-0.3, -0.25) is 0 Å². The first kappa shape index (κ1) is 13.8. The predicted octanol–water partition coefficient (Wildman–Crippen LogP) is 1.53. The van der Waals surface area contributed by atoms with Crippen molar-refractivity contribution >= 4 is 31.5 Å². The van der Waals surface area contributed by atoms with Crippen LogP contribution >= 0.6 is 15.9 Å². The van der Waals surface area contributed by atoms with Crippen molar-refractivity contribution in [2.24, 2.45) is 5.73 Å². The van der Waals surface area contributed by atoms with E-state index in [-0.39, 0.29) is 17.5 Å². The Morgan fingerprint density at radius 3 is 2.78 bits per heavy atom. The molecule has 4 nitrogen and oxygen atoms in total. The lowest BCUT2D eigenvalue weighted by Crippen LogP contribution is -2.47. The molecule has 1 atom stereocenters. The largest absolute Gasteiger partial charge is 0.367 e. The molecule has 6 heteroatoms. The van der Waals surface area contributed by atoms with E-state index in [1.54, 1.807) is 0 Å². The fourth-order valence-corrected chi connectivity index (χ4v) is 4.38. The van der Waals surface area contributed by atoms with Gasteiger partial charge < -0.3 is 10.6 Å². The molecule has 100 valence electrons. The van der Waals surface area contributed by atoms with Crippen LogP contribution in [0.1, 0.15) is 12.5 Å². The van der Waals surface area contributed by atoms with Crippen molar-refractivity contribution in [1.29, 1.82) is 0 Å². The normalized spacial score (nSPS) is 23.1. The molecule has 0 saturated carbocycles. The molecule has 1 aliphatic heterocycles. The maximum absolute atomic E-state index is 11.6. The second-order valence-corrected chi connectivity index (χ2v) is 7.82. The topological polar surface area (TPSA) is 63.4 Å². The van der Waals surface area contributed by atoms with Crippen LogP contribution in [0.25, 0.3) is 0 Å². The van der Waals surface area contributed by atoms with Crippen molar-refractivity contribution < 1.29 is 8.42 Å². The van der Waals surface area contributed by atoms with Crippen LogP contribution in [0, 0.1) is 0 Å². The van der Waals surface area contributed by atoms with Crippen LogP contribution in [0.5, 0.6) is 0 Å². The number of sulfone groups is 1. The standard InChI is InChI=1S/C12H17BrN2O2S/c1-9-8-18(16,17)3-2-15(9)12-5-10(7-14)4-11(13)6-12/h4-6,9H,2-3,7-8,14H2,1H3. The maximum Gasteiger partial charge on any atom is 0.154 e. The van der Waals surface area contributed by atoms with Crippen molar-refractivity contribution in [3.05, 3.63) is 28.2 Å². The number of halogens is 1. The average molecular weight is 333 g/mol. The smallest absolute Gasteiger partial charge is 0.154 e. The molecule has 2 rings (SSSR count). The number of hydrogen-bond acceptors (Lipinski definition) is 4. The zero-order chi connectivity index (χ0) is 13.3. The molecule has 1 unspecified atom stereocenters. The van der Waals surface area contributed by atoms with Crippen molar-refractivity contribution in [3.8, 4) is 0 Å². The summed E-state index contributed by atoms with van der Waals surface area (Å²) in [4.78, 5) is 2.13. The van der Waals surface area contributed by atoms with Gasteiger partial charge in [0.25, 0.3) is 0 Å². The van der Waals surface area contributed by atoms with Gasteiger partial charge in [-0.05, 0) is 30.7 Å². The van der Waals surface area contributed by atoms with Crippen LogP contribution in [-0.4, -0.2) is 32.5 Å². The van der Waals surface area contributed by atoms with Gasteiger partial charge in [-0.2, -0.15) is 0 Å². The lowest BCUT2D eigenvalue weighted by Gasteiger charge is -2.35. The van der Waals surface area contributed by atoms with Crippen molar-refractivity contribution in [2.45, 2.75) is 19.5 Å². The van der Waals surface area contributed by atoms with E-state index in [2.05, 4.69) is 20.8 Å². The Morgan fingerprint density at radius 1 is 1.44 bits per heavy atom. The first-order valence-electron chi connectivity index (χ1n) is 5.88. The van der Waals surface area contributed by atoms with E-state index >= 15 is 0 Å². The van der Waals surface area contributed by atoms with Gasteiger partial charge in [0.05, 0.1) is 11.5 Å². The summed E-state index contributed by atoms with van der Waals surface area (Å²) < 4.78 is 24.1. The maximum atomic E-state index is 11.6. The summed E-state index contributed by atoms with van der Waals surface area (Å²) in [6.45, 7) is 2.97. The zero-order valence-electron chi connectivity index (χ0n) is 10.3. The van der Waals surface area contributed by atoms with E-state index in [1.165, 1.54) is 0 Å². The molecule has 0 aromatic heterocycles. The van der Waals surface area contributed by atoms with Gasteiger partial charge in [0, 0.05) is 29.3 Å². The van der Waals surface area contributed by atoms with E-state index in [4.69, 9.17) is 5.73 Å². The summed E-state index contributed by atoms with van der Waals surface area (Å²) in [6.07, 6.45) is 0. The summed E-state index contributed by atoms with van der Waals surface area (Å²) in [5.74, 6) is 0.444. The monoisotopic (exact) mass is 332 g/mol. The third-order valence-corrected chi connectivity index (χ3v) is 5.43. The van der Waals surface area contributed by atoms with E-state index in [0.29, 0.717) is 13.1 Å². The molecule has 0 aliphatic carbocycles. The number of hydrogen-bond donors (Lipinski definition) is 1. The third-order valence-electron chi connectivity index (χ3n) is 3.18. The molecule has 1 saturated heterocycles. The molecule has 18 heavy (non-hydrogen) atoms. The summed E-state index contributed by atoms with van der Waals surface area (Å²) >= 11 is 3.46. The lowest BCUT2D eigenvalue weighted by molar-refractivity contribution is 0.568. The second-order valence-electron chi connectivity index (χ2n) is 4.68. The SMILES string of the molecule is CC1CS(=O)(=O)CCN1c1cc(Br)cc(CN)c1. The molecule has 0 spiro atoms. The molecule has 1 aliphatic rings. The summed E-state index contributed by atoms with van der Waals surface area (Å²) in [6, 6.07) is 6.02. The van der Waals surface area contributed by atoms with Crippen molar-refractivity contribution in [2.75, 3.05) is 23.0 Å². The van der Waals surface area contributed by atoms with Gasteiger partial charge in [-0.25, -0.2) is 8.42 Å². The van der Waals surface area contributed by atoms with E-state index in [9.17, 15) is 8.42 Å². The molecule has 1 aromatic rings.